The van der Waals surface area contributed by atoms with Crippen molar-refractivity contribution in [3.05, 3.63) is 71.5 Å². The Kier molecular flexibility index (Phi) is 6.46. The van der Waals surface area contributed by atoms with Crippen LogP contribution in [0.15, 0.2) is 60.9 Å². The Labute approximate surface area is 195 Å². The number of carboxylic acids is 1. The largest absolute Gasteiger partial charge is 0.496 e. The van der Waals surface area contributed by atoms with E-state index >= 15 is 0 Å². The van der Waals surface area contributed by atoms with Gasteiger partial charge in [0.15, 0.2) is 5.82 Å². The standard InChI is InChI=1S/C24H22ClN3O5/c1-32-20-5-3-2-4-19(20)22(29)28-11-10-24(14-28,23(30)31)15-33-18-8-6-16(7-9-18)21-26-12-17(25)13-27-21/h2-9,12-13H,10-11,14-15H2,1H3,(H,30,31). The number of benzene rings is 2. The van der Waals surface area contributed by atoms with Crippen molar-refractivity contribution in [3.63, 3.8) is 0 Å². The number of carbonyl (C=O) groups excluding carboxylic acids is 1. The SMILES string of the molecule is COc1ccccc1C(=O)N1CCC(COc2ccc(-c3ncc(Cl)cn3)cc2)(C(=O)O)C1. The molecule has 0 bridgehead atoms. The van der Waals surface area contributed by atoms with Crippen LogP contribution < -0.4 is 9.47 Å². The number of hydrogen-bond acceptors (Lipinski definition) is 6. The highest BCUT2D eigenvalue weighted by Gasteiger charge is 2.47. The van der Waals surface area contributed by atoms with E-state index < -0.39 is 11.4 Å². The molecule has 1 unspecified atom stereocenters. The second-order valence-electron chi connectivity index (χ2n) is 7.80. The molecule has 3 aromatic rings. The lowest BCUT2D eigenvalue weighted by molar-refractivity contribution is -0.149. The zero-order valence-corrected chi connectivity index (χ0v) is 18.7. The monoisotopic (exact) mass is 467 g/mol. The fraction of sp³-hybridized carbons (Fsp3) is 0.250. The molecule has 1 atom stereocenters. The van der Waals surface area contributed by atoms with Gasteiger partial charge in [-0.25, -0.2) is 9.97 Å². The van der Waals surface area contributed by atoms with Crippen molar-refractivity contribution in [2.75, 3.05) is 26.8 Å². The van der Waals surface area contributed by atoms with Crippen LogP contribution in [0.25, 0.3) is 11.4 Å². The highest BCUT2D eigenvalue weighted by atomic mass is 35.5. The van der Waals surface area contributed by atoms with Crippen LogP contribution in [0, 0.1) is 5.41 Å². The molecule has 1 fully saturated rings. The molecule has 0 radical (unpaired) electrons. The number of halogens is 1. The number of rotatable bonds is 7. The minimum atomic E-state index is -1.20. The van der Waals surface area contributed by atoms with Gasteiger partial charge >= 0.3 is 5.97 Å². The predicted octanol–water partition coefficient (Wildman–Crippen LogP) is 3.80. The van der Waals surface area contributed by atoms with Crippen molar-refractivity contribution in [1.29, 1.82) is 0 Å². The topological polar surface area (TPSA) is 102 Å². The third kappa shape index (κ3) is 4.75. The maximum Gasteiger partial charge on any atom is 0.315 e. The highest BCUT2D eigenvalue weighted by molar-refractivity contribution is 6.30. The van der Waals surface area contributed by atoms with Crippen molar-refractivity contribution in [1.82, 2.24) is 14.9 Å². The van der Waals surface area contributed by atoms with Crippen LogP contribution in [0.2, 0.25) is 5.02 Å². The van der Waals surface area contributed by atoms with Gasteiger partial charge in [0.2, 0.25) is 0 Å². The molecule has 1 aliphatic heterocycles. The van der Waals surface area contributed by atoms with Crippen LogP contribution >= 0.6 is 11.6 Å². The number of aliphatic carboxylic acids is 1. The number of likely N-dealkylation sites (tertiary alicyclic amines) is 1. The lowest BCUT2D eigenvalue weighted by Crippen LogP contribution is -2.41. The first-order valence-corrected chi connectivity index (χ1v) is 10.7. The van der Waals surface area contributed by atoms with Crippen LogP contribution in [-0.2, 0) is 4.79 Å². The smallest absolute Gasteiger partial charge is 0.315 e. The molecule has 4 rings (SSSR count). The Morgan fingerprint density at radius 2 is 1.82 bits per heavy atom. The molecule has 1 aliphatic rings. The summed E-state index contributed by atoms with van der Waals surface area (Å²) in [5, 5.41) is 10.4. The number of nitrogens with zero attached hydrogens (tertiary/aromatic N) is 3. The Bertz CT molecular complexity index is 1150. The summed E-state index contributed by atoms with van der Waals surface area (Å²) in [6.07, 6.45) is 3.33. The van der Waals surface area contributed by atoms with E-state index in [1.165, 1.54) is 24.4 Å². The van der Waals surface area contributed by atoms with Crippen molar-refractivity contribution in [2.24, 2.45) is 5.41 Å². The molecule has 9 heteroatoms. The minimum Gasteiger partial charge on any atom is -0.496 e. The summed E-state index contributed by atoms with van der Waals surface area (Å²) in [6.45, 7) is 0.310. The summed E-state index contributed by atoms with van der Waals surface area (Å²) >= 11 is 5.82. The third-order valence-electron chi connectivity index (χ3n) is 5.68. The first-order valence-electron chi connectivity index (χ1n) is 10.3. The number of para-hydroxylation sites is 1. The molecule has 1 amide bonds. The summed E-state index contributed by atoms with van der Waals surface area (Å²) in [6, 6.07) is 13.9. The zero-order valence-electron chi connectivity index (χ0n) is 17.9. The highest BCUT2D eigenvalue weighted by Crippen LogP contribution is 2.34. The van der Waals surface area contributed by atoms with Crippen molar-refractivity contribution in [3.8, 4) is 22.9 Å². The second-order valence-corrected chi connectivity index (χ2v) is 8.24. The summed E-state index contributed by atoms with van der Waals surface area (Å²) in [4.78, 5) is 35.1. The Morgan fingerprint density at radius 1 is 1.12 bits per heavy atom. The van der Waals surface area contributed by atoms with Gasteiger partial charge in [-0.3, -0.25) is 9.59 Å². The van der Waals surface area contributed by atoms with Gasteiger partial charge in [-0.05, 0) is 42.8 Å². The second kappa shape index (κ2) is 9.46. The van der Waals surface area contributed by atoms with Crippen LogP contribution in [0.5, 0.6) is 11.5 Å². The number of carbonyl (C=O) groups is 2. The lowest BCUT2D eigenvalue weighted by Gasteiger charge is -2.25. The average Bonchev–Trinajstić information content (AvgIpc) is 3.29. The van der Waals surface area contributed by atoms with Crippen molar-refractivity contribution >= 4 is 23.5 Å². The number of aromatic nitrogens is 2. The van der Waals surface area contributed by atoms with E-state index in [0.29, 0.717) is 40.9 Å². The Hall–Kier alpha value is -3.65. The van der Waals surface area contributed by atoms with E-state index in [1.54, 1.807) is 48.5 Å². The van der Waals surface area contributed by atoms with Gasteiger partial charge < -0.3 is 19.5 Å². The lowest BCUT2D eigenvalue weighted by atomic mass is 9.88. The molecule has 1 N–H and O–H groups in total. The molecular formula is C24H22ClN3O5. The molecule has 0 spiro atoms. The zero-order chi connectivity index (χ0) is 23.4. The van der Waals surface area contributed by atoms with Crippen LogP contribution in [0.4, 0.5) is 0 Å². The Balaban J connectivity index is 1.44. The quantitative estimate of drug-likeness (QED) is 0.563. The number of methoxy groups -OCH3 is 1. The summed E-state index contributed by atoms with van der Waals surface area (Å²) in [7, 11) is 1.50. The van der Waals surface area contributed by atoms with Gasteiger partial charge in [-0.1, -0.05) is 23.7 Å². The van der Waals surface area contributed by atoms with Crippen LogP contribution in [0.3, 0.4) is 0 Å². The van der Waals surface area contributed by atoms with Crippen molar-refractivity contribution < 1.29 is 24.2 Å². The summed E-state index contributed by atoms with van der Waals surface area (Å²) in [5.41, 5.74) is -0.0150. The summed E-state index contributed by atoms with van der Waals surface area (Å²) < 4.78 is 11.1. The predicted molar refractivity (Wildman–Crippen MR) is 122 cm³/mol. The molecule has 1 aromatic heterocycles. The van der Waals surface area contributed by atoms with Gasteiger partial charge in [0.05, 0.1) is 17.7 Å². The number of ether oxygens (including phenoxy) is 2. The van der Waals surface area contributed by atoms with Gasteiger partial charge in [-0.2, -0.15) is 0 Å². The van der Waals surface area contributed by atoms with Gasteiger partial charge in [0.25, 0.3) is 5.91 Å². The third-order valence-corrected chi connectivity index (χ3v) is 5.88. The normalized spacial score (nSPS) is 17.6. The van der Waals surface area contributed by atoms with Gasteiger partial charge in [-0.15, -0.1) is 0 Å². The van der Waals surface area contributed by atoms with E-state index in [-0.39, 0.29) is 19.1 Å². The maximum absolute atomic E-state index is 13.0. The molecule has 0 saturated carbocycles. The van der Waals surface area contributed by atoms with E-state index in [9.17, 15) is 14.7 Å². The molecule has 2 aromatic carbocycles. The van der Waals surface area contributed by atoms with E-state index in [2.05, 4.69) is 9.97 Å². The van der Waals surface area contributed by atoms with E-state index in [4.69, 9.17) is 21.1 Å². The molecule has 1 saturated heterocycles. The maximum atomic E-state index is 13.0. The molecule has 170 valence electrons. The number of amides is 1. The molecule has 2 heterocycles. The van der Waals surface area contributed by atoms with Gasteiger partial charge in [0, 0.05) is 31.0 Å². The molecule has 33 heavy (non-hydrogen) atoms. The fourth-order valence-electron chi connectivity index (χ4n) is 3.77. The van der Waals surface area contributed by atoms with Gasteiger partial charge in [0.1, 0.15) is 23.5 Å². The molecule has 0 aliphatic carbocycles. The Morgan fingerprint density at radius 3 is 2.48 bits per heavy atom. The van der Waals surface area contributed by atoms with Crippen LogP contribution in [0.1, 0.15) is 16.8 Å². The minimum absolute atomic E-state index is 0.0515. The average molecular weight is 468 g/mol. The van der Waals surface area contributed by atoms with Crippen LogP contribution in [-0.4, -0.2) is 58.7 Å². The molecular weight excluding hydrogens is 446 g/mol. The van der Waals surface area contributed by atoms with E-state index in [1.807, 2.05) is 0 Å². The fourth-order valence-corrected chi connectivity index (χ4v) is 3.87. The van der Waals surface area contributed by atoms with E-state index in [0.717, 1.165) is 5.56 Å². The number of carboxylic acid groups (broad SMARTS) is 1. The first kappa shape index (κ1) is 22.5. The summed E-state index contributed by atoms with van der Waals surface area (Å²) in [5.74, 6) is 0.236. The number of hydrogen-bond donors (Lipinski definition) is 1. The molecule has 8 nitrogen and oxygen atoms in total. The first-order chi connectivity index (χ1) is 15.9. The van der Waals surface area contributed by atoms with Crippen molar-refractivity contribution in [2.45, 2.75) is 6.42 Å².